The Labute approximate surface area is 124 Å². The van der Waals surface area contributed by atoms with Crippen molar-refractivity contribution < 1.29 is 13.2 Å². The highest BCUT2D eigenvalue weighted by molar-refractivity contribution is 7.89. The summed E-state index contributed by atoms with van der Waals surface area (Å²) >= 11 is 0. The van der Waals surface area contributed by atoms with Gasteiger partial charge in [0.1, 0.15) is 12.0 Å². The largest absolute Gasteiger partial charge is 0.334 e. The van der Waals surface area contributed by atoms with E-state index in [2.05, 4.69) is 9.98 Å². The molecule has 1 aromatic heterocycles. The monoisotopic (exact) mass is 312 g/mol. The molecule has 116 valence electrons. The average molecular weight is 312 g/mol. The first-order chi connectivity index (χ1) is 10.0. The Bertz CT molecular complexity index is 646. The standard InChI is InChI=1S/C13H20N4O3S/c1-3-16-9-13(15-11(16)2)21(19,20)17-8-6-4-5-7-12(17)14-10-18/h9,12H,3-8H2,1-2H3. The quantitative estimate of drug-likeness (QED) is 0.622. The van der Waals surface area contributed by atoms with Gasteiger partial charge in [0.25, 0.3) is 10.0 Å². The van der Waals surface area contributed by atoms with Crippen molar-refractivity contribution in [3.05, 3.63) is 12.0 Å². The van der Waals surface area contributed by atoms with Crippen LogP contribution in [-0.2, 0) is 21.4 Å². The minimum Gasteiger partial charge on any atom is -0.334 e. The number of aliphatic imine (C=N–C) groups is 1. The lowest BCUT2D eigenvalue weighted by molar-refractivity contribution is 0.329. The number of rotatable bonds is 4. The summed E-state index contributed by atoms with van der Waals surface area (Å²) in [5, 5.41) is 0.0230. The predicted molar refractivity (Wildman–Crippen MR) is 76.9 cm³/mol. The summed E-state index contributed by atoms with van der Waals surface area (Å²) in [6, 6.07) is 0. The molecule has 0 N–H and O–H groups in total. The van der Waals surface area contributed by atoms with Crippen LogP contribution in [0.15, 0.2) is 16.2 Å². The van der Waals surface area contributed by atoms with Crippen molar-refractivity contribution in [2.75, 3.05) is 6.54 Å². The molecule has 7 nitrogen and oxygen atoms in total. The highest BCUT2D eigenvalue weighted by atomic mass is 32.2. The van der Waals surface area contributed by atoms with E-state index in [1.165, 1.54) is 16.6 Å². The van der Waals surface area contributed by atoms with Gasteiger partial charge in [-0.3, -0.25) is 0 Å². The number of carbonyl (C=O) groups excluding carboxylic acids is 1. The van der Waals surface area contributed by atoms with E-state index in [1.807, 2.05) is 6.92 Å². The SMILES string of the molecule is CCn1cc(S(=O)(=O)N2CCCCCC2N=C=O)nc1C. The van der Waals surface area contributed by atoms with Gasteiger partial charge in [0.05, 0.1) is 0 Å². The summed E-state index contributed by atoms with van der Waals surface area (Å²) in [5.74, 6) is 0.654. The Morgan fingerprint density at radius 1 is 1.43 bits per heavy atom. The summed E-state index contributed by atoms with van der Waals surface area (Å²) in [4.78, 5) is 18.4. The van der Waals surface area contributed by atoms with E-state index in [-0.39, 0.29) is 5.03 Å². The maximum atomic E-state index is 12.8. The van der Waals surface area contributed by atoms with E-state index in [4.69, 9.17) is 0 Å². The van der Waals surface area contributed by atoms with Crippen LogP contribution in [0.2, 0.25) is 0 Å². The van der Waals surface area contributed by atoms with E-state index in [0.29, 0.717) is 25.3 Å². The average Bonchev–Trinajstić information content (AvgIpc) is 2.68. The van der Waals surface area contributed by atoms with Crippen LogP contribution >= 0.6 is 0 Å². The van der Waals surface area contributed by atoms with Crippen molar-refractivity contribution in [1.82, 2.24) is 13.9 Å². The van der Waals surface area contributed by atoms with Crippen LogP contribution in [0.3, 0.4) is 0 Å². The lowest BCUT2D eigenvalue weighted by Crippen LogP contribution is -2.39. The van der Waals surface area contributed by atoms with Crippen LogP contribution in [0.4, 0.5) is 0 Å². The van der Waals surface area contributed by atoms with Gasteiger partial charge in [-0.1, -0.05) is 6.42 Å². The Balaban J connectivity index is 2.41. The molecule has 2 heterocycles. The zero-order valence-electron chi connectivity index (χ0n) is 12.3. The fourth-order valence-electron chi connectivity index (χ4n) is 2.58. The Kier molecular flexibility index (Phi) is 4.92. The number of nitrogens with zero attached hydrogens (tertiary/aromatic N) is 4. The summed E-state index contributed by atoms with van der Waals surface area (Å²) in [7, 11) is -3.74. The predicted octanol–water partition coefficient (Wildman–Crippen LogP) is 1.44. The van der Waals surface area contributed by atoms with Crippen LogP contribution in [0.1, 0.15) is 38.4 Å². The van der Waals surface area contributed by atoms with Gasteiger partial charge in [0.15, 0.2) is 5.03 Å². The third-order valence-corrected chi connectivity index (χ3v) is 5.51. The van der Waals surface area contributed by atoms with Gasteiger partial charge >= 0.3 is 0 Å². The van der Waals surface area contributed by atoms with Crippen molar-refractivity contribution in [1.29, 1.82) is 0 Å². The number of aromatic nitrogens is 2. The molecular weight excluding hydrogens is 292 g/mol. The highest BCUT2D eigenvalue weighted by Gasteiger charge is 2.34. The van der Waals surface area contributed by atoms with Gasteiger partial charge in [0.2, 0.25) is 6.08 Å². The first kappa shape index (κ1) is 15.9. The fourth-order valence-corrected chi connectivity index (χ4v) is 4.17. The van der Waals surface area contributed by atoms with Crippen molar-refractivity contribution in [2.24, 2.45) is 4.99 Å². The van der Waals surface area contributed by atoms with Gasteiger partial charge < -0.3 is 4.57 Å². The smallest absolute Gasteiger partial charge is 0.263 e. The van der Waals surface area contributed by atoms with Gasteiger partial charge in [0, 0.05) is 19.3 Å². The molecule has 0 saturated carbocycles. The molecule has 0 spiro atoms. The lowest BCUT2D eigenvalue weighted by Gasteiger charge is -2.23. The summed E-state index contributed by atoms with van der Waals surface area (Å²) in [5.41, 5.74) is 0. The van der Waals surface area contributed by atoms with Crippen molar-refractivity contribution >= 4 is 16.1 Å². The molecule has 21 heavy (non-hydrogen) atoms. The number of aryl methyl sites for hydroxylation is 2. The molecule has 2 rings (SSSR count). The second kappa shape index (κ2) is 6.51. The first-order valence-electron chi connectivity index (χ1n) is 7.13. The number of sulfonamides is 1. The number of isocyanates is 1. The molecule has 1 unspecified atom stereocenters. The van der Waals surface area contributed by atoms with Crippen LogP contribution in [0, 0.1) is 6.92 Å². The van der Waals surface area contributed by atoms with Crippen molar-refractivity contribution in [3.63, 3.8) is 0 Å². The van der Waals surface area contributed by atoms with Gasteiger partial charge in [-0.15, -0.1) is 0 Å². The maximum absolute atomic E-state index is 12.8. The van der Waals surface area contributed by atoms with Crippen LogP contribution < -0.4 is 0 Å². The Hall–Kier alpha value is -1.50. The van der Waals surface area contributed by atoms with Gasteiger partial charge in [-0.25, -0.2) is 18.2 Å². The van der Waals surface area contributed by atoms with E-state index >= 15 is 0 Å². The zero-order chi connectivity index (χ0) is 15.5. The molecule has 1 aliphatic rings. The molecule has 0 amide bonds. The van der Waals surface area contributed by atoms with Gasteiger partial charge in [-0.05, 0) is 33.1 Å². The molecule has 0 radical (unpaired) electrons. The molecule has 1 saturated heterocycles. The Morgan fingerprint density at radius 3 is 2.81 bits per heavy atom. The molecule has 1 atom stereocenters. The molecular formula is C13H20N4O3S. The molecule has 1 aromatic rings. The summed E-state index contributed by atoms with van der Waals surface area (Å²) in [6.45, 7) is 4.71. The number of imidazole rings is 1. The third kappa shape index (κ3) is 3.23. The molecule has 8 heteroatoms. The van der Waals surface area contributed by atoms with Crippen LogP contribution in [0.5, 0.6) is 0 Å². The zero-order valence-corrected chi connectivity index (χ0v) is 13.1. The number of hydrogen-bond donors (Lipinski definition) is 0. The van der Waals surface area contributed by atoms with E-state index in [0.717, 1.165) is 19.3 Å². The van der Waals surface area contributed by atoms with E-state index < -0.39 is 16.2 Å². The lowest BCUT2D eigenvalue weighted by atomic mass is 10.2. The maximum Gasteiger partial charge on any atom is 0.263 e. The summed E-state index contributed by atoms with van der Waals surface area (Å²) in [6.07, 6.45) is 5.45. The first-order valence-corrected chi connectivity index (χ1v) is 8.57. The van der Waals surface area contributed by atoms with Gasteiger partial charge in [-0.2, -0.15) is 9.30 Å². The fraction of sp³-hybridized carbons (Fsp3) is 0.692. The topological polar surface area (TPSA) is 84.6 Å². The molecule has 0 aliphatic carbocycles. The van der Waals surface area contributed by atoms with E-state index in [1.54, 1.807) is 11.5 Å². The molecule has 0 aromatic carbocycles. The normalized spacial score (nSPS) is 20.8. The second-order valence-corrected chi connectivity index (χ2v) is 6.92. The minimum atomic E-state index is -3.74. The van der Waals surface area contributed by atoms with Crippen LogP contribution in [-0.4, -0.2) is 41.1 Å². The minimum absolute atomic E-state index is 0.0230. The molecule has 0 bridgehead atoms. The van der Waals surface area contributed by atoms with Crippen molar-refractivity contribution in [2.45, 2.75) is 57.3 Å². The van der Waals surface area contributed by atoms with Crippen LogP contribution in [0.25, 0.3) is 0 Å². The number of hydrogen-bond acceptors (Lipinski definition) is 5. The Morgan fingerprint density at radius 2 is 2.19 bits per heavy atom. The summed E-state index contributed by atoms with van der Waals surface area (Å²) < 4.78 is 28.6. The second-order valence-electron chi connectivity index (χ2n) is 5.08. The third-order valence-electron chi connectivity index (χ3n) is 3.74. The van der Waals surface area contributed by atoms with E-state index in [9.17, 15) is 13.2 Å². The highest BCUT2D eigenvalue weighted by Crippen LogP contribution is 2.25. The molecule has 1 aliphatic heterocycles. The van der Waals surface area contributed by atoms with Crippen molar-refractivity contribution in [3.8, 4) is 0 Å². The molecule has 1 fully saturated rings.